The molecule has 0 aromatic carbocycles. The van der Waals surface area contributed by atoms with E-state index in [1.807, 2.05) is 0 Å². The number of hydrogen-bond donors (Lipinski definition) is 2. The Morgan fingerprint density at radius 3 is 2.44 bits per heavy atom. The minimum absolute atomic E-state index is 0.397. The summed E-state index contributed by atoms with van der Waals surface area (Å²) in [6.07, 6.45) is 5.40. The van der Waals surface area contributed by atoms with Gasteiger partial charge in [0.1, 0.15) is 0 Å². The molecule has 2 rings (SSSR count). The van der Waals surface area contributed by atoms with Crippen LogP contribution < -0.4 is 11.1 Å². The van der Waals surface area contributed by atoms with E-state index < -0.39 is 0 Å². The highest BCUT2D eigenvalue weighted by Crippen LogP contribution is 2.44. The van der Waals surface area contributed by atoms with Crippen LogP contribution in [0.15, 0.2) is 0 Å². The van der Waals surface area contributed by atoms with Gasteiger partial charge in [0.25, 0.3) is 0 Å². The Hall–Kier alpha value is -0.0800. The van der Waals surface area contributed by atoms with Gasteiger partial charge in [0, 0.05) is 6.04 Å². The molecule has 94 valence electrons. The average molecular weight is 224 g/mol. The SMILES string of the molecule is CC1C(N)CCC(CNCC2CC2)C1(C)C. The Bertz CT molecular complexity index is 233. The molecule has 3 atom stereocenters. The second kappa shape index (κ2) is 4.66. The molecule has 0 heterocycles. The quantitative estimate of drug-likeness (QED) is 0.769. The van der Waals surface area contributed by atoms with Crippen molar-refractivity contribution in [1.82, 2.24) is 5.32 Å². The second-order valence-electron chi connectivity index (χ2n) is 6.65. The van der Waals surface area contributed by atoms with Crippen LogP contribution in [0.2, 0.25) is 0 Å². The van der Waals surface area contributed by atoms with Gasteiger partial charge >= 0.3 is 0 Å². The summed E-state index contributed by atoms with van der Waals surface area (Å²) in [7, 11) is 0. The first kappa shape index (κ1) is 12.4. The standard InChI is InChI=1S/C14H28N2/c1-10-13(15)7-6-12(14(10,2)3)9-16-8-11-4-5-11/h10-13,16H,4-9,15H2,1-3H3. The normalized spacial score (nSPS) is 38.6. The third-order valence-electron chi connectivity index (χ3n) is 5.24. The van der Waals surface area contributed by atoms with Crippen molar-refractivity contribution in [3.8, 4) is 0 Å². The van der Waals surface area contributed by atoms with Crippen LogP contribution in [0.4, 0.5) is 0 Å². The van der Waals surface area contributed by atoms with Crippen molar-refractivity contribution in [2.45, 2.75) is 52.5 Å². The number of nitrogens with one attached hydrogen (secondary N) is 1. The van der Waals surface area contributed by atoms with Gasteiger partial charge in [-0.2, -0.15) is 0 Å². The minimum Gasteiger partial charge on any atom is -0.327 e. The fraction of sp³-hybridized carbons (Fsp3) is 1.00. The van der Waals surface area contributed by atoms with Crippen molar-refractivity contribution in [3.63, 3.8) is 0 Å². The molecular weight excluding hydrogens is 196 g/mol. The topological polar surface area (TPSA) is 38.0 Å². The van der Waals surface area contributed by atoms with Crippen molar-refractivity contribution >= 4 is 0 Å². The van der Waals surface area contributed by atoms with Gasteiger partial charge in [-0.3, -0.25) is 0 Å². The van der Waals surface area contributed by atoms with Gasteiger partial charge in [-0.1, -0.05) is 20.8 Å². The molecule has 2 heteroatoms. The summed E-state index contributed by atoms with van der Waals surface area (Å²) in [5, 5.41) is 3.67. The highest BCUT2D eigenvalue weighted by molar-refractivity contribution is 4.94. The van der Waals surface area contributed by atoms with Crippen LogP contribution >= 0.6 is 0 Å². The molecular formula is C14H28N2. The van der Waals surface area contributed by atoms with E-state index in [2.05, 4.69) is 26.1 Å². The average Bonchev–Trinajstić information content (AvgIpc) is 3.03. The maximum atomic E-state index is 6.18. The predicted octanol–water partition coefficient (Wildman–Crippen LogP) is 2.39. The van der Waals surface area contributed by atoms with E-state index in [4.69, 9.17) is 5.73 Å². The maximum absolute atomic E-state index is 6.18. The van der Waals surface area contributed by atoms with Gasteiger partial charge in [-0.15, -0.1) is 0 Å². The van der Waals surface area contributed by atoms with Crippen LogP contribution in [0.3, 0.4) is 0 Å². The first-order valence-electron chi connectivity index (χ1n) is 6.98. The Morgan fingerprint density at radius 2 is 1.81 bits per heavy atom. The molecule has 2 aliphatic carbocycles. The summed E-state index contributed by atoms with van der Waals surface area (Å²) < 4.78 is 0. The summed E-state index contributed by atoms with van der Waals surface area (Å²) in [4.78, 5) is 0. The van der Waals surface area contributed by atoms with E-state index in [1.54, 1.807) is 0 Å². The van der Waals surface area contributed by atoms with Crippen LogP contribution in [0, 0.1) is 23.2 Å². The molecule has 0 radical (unpaired) electrons. The highest BCUT2D eigenvalue weighted by atomic mass is 14.9. The number of hydrogen-bond acceptors (Lipinski definition) is 2. The zero-order valence-corrected chi connectivity index (χ0v) is 11.1. The molecule has 0 aliphatic heterocycles. The summed E-state index contributed by atoms with van der Waals surface area (Å²) in [5.41, 5.74) is 6.58. The minimum atomic E-state index is 0.397. The van der Waals surface area contributed by atoms with E-state index in [-0.39, 0.29) is 0 Å². The first-order chi connectivity index (χ1) is 7.51. The number of rotatable bonds is 4. The Labute approximate surface area is 100 Å². The zero-order valence-electron chi connectivity index (χ0n) is 11.1. The predicted molar refractivity (Wildman–Crippen MR) is 69.2 cm³/mol. The molecule has 2 nitrogen and oxygen atoms in total. The Kier molecular flexibility index (Phi) is 3.60. The van der Waals surface area contributed by atoms with Crippen LogP contribution in [0.25, 0.3) is 0 Å². The van der Waals surface area contributed by atoms with Crippen molar-refractivity contribution in [3.05, 3.63) is 0 Å². The van der Waals surface area contributed by atoms with E-state index in [0.717, 1.165) is 11.8 Å². The lowest BCUT2D eigenvalue weighted by Crippen LogP contribution is -2.49. The molecule has 0 spiro atoms. The van der Waals surface area contributed by atoms with E-state index in [1.165, 1.54) is 38.8 Å². The van der Waals surface area contributed by atoms with E-state index >= 15 is 0 Å². The van der Waals surface area contributed by atoms with Gasteiger partial charge in [0.2, 0.25) is 0 Å². The molecule has 0 saturated heterocycles. The molecule has 3 unspecified atom stereocenters. The summed E-state index contributed by atoms with van der Waals surface area (Å²) in [5.74, 6) is 2.45. The fourth-order valence-electron chi connectivity index (χ4n) is 3.09. The summed E-state index contributed by atoms with van der Waals surface area (Å²) in [6, 6.07) is 0.412. The zero-order chi connectivity index (χ0) is 11.8. The van der Waals surface area contributed by atoms with Gasteiger partial charge < -0.3 is 11.1 Å². The van der Waals surface area contributed by atoms with Crippen molar-refractivity contribution in [2.24, 2.45) is 28.9 Å². The van der Waals surface area contributed by atoms with Crippen LogP contribution in [0.5, 0.6) is 0 Å². The smallest absolute Gasteiger partial charge is 0.00698 e. The molecule has 2 aliphatic rings. The number of nitrogens with two attached hydrogens (primary N) is 1. The second-order valence-corrected chi connectivity index (χ2v) is 6.65. The molecule has 0 amide bonds. The third-order valence-corrected chi connectivity index (χ3v) is 5.24. The van der Waals surface area contributed by atoms with Gasteiger partial charge in [-0.25, -0.2) is 0 Å². The lowest BCUT2D eigenvalue weighted by Gasteiger charge is -2.47. The monoisotopic (exact) mass is 224 g/mol. The largest absolute Gasteiger partial charge is 0.327 e. The summed E-state index contributed by atoms with van der Waals surface area (Å²) >= 11 is 0. The fourth-order valence-corrected chi connectivity index (χ4v) is 3.09. The van der Waals surface area contributed by atoms with Gasteiger partial charge in [-0.05, 0) is 61.9 Å². The molecule has 0 aromatic rings. The van der Waals surface area contributed by atoms with E-state index in [9.17, 15) is 0 Å². The van der Waals surface area contributed by atoms with Gasteiger partial charge in [0.05, 0.1) is 0 Å². The molecule has 2 fully saturated rings. The Morgan fingerprint density at radius 1 is 1.12 bits per heavy atom. The Balaban J connectivity index is 1.82. The highest BCUT2D eigenvalue weighted by Gasteiger charge is 2.41. The molecule has 3 N–H and O–H groups in total. The lowest BCUT2D eigenvalue weighted by atomic mass is 9.61. The van der Waals surface area contributed by atoms with E-state index in [0.29, 0.717) is 17.4 Å². The molecule has 2 saturated carbocycles. The summed E-state index contributed by atoms with van der Waals surface area (Å²) in [6.45, 7) is 9.58. The first-order valence-corrected chi connectivity index (χ1v) is 6.98. The van der Waals surface area contributed by atoms with Crippen LogP contribution in [-0.4, -0.2) is 19.1 Å². The molecule has 16 heavy (non-hydrogen) atoms. The third kappa shape index (κ3) is 2.60. The van der Waals surface area contributed by atoms with Crippen molar-refractivity contribution in [2.75, 3.05) is 13.1 Å². The molecule has 0 bridgehead atoms. The van der Waals surface area contributed by atoms with Crippen molar-refractivity contribution in [1.29, 1.82) is 0 Å². The molecule has 0 aromatic heterocycles. The van der Waals surface area contributed by atoms with Crippen LogP contribution in [-0.2, 0) is 0 Å². The van der Waals surface area contributed by atoms with Gasteiger partial charge in [0.15, 0.2) is 0 Å². The lowest BCUT2D eigenvalue weighted by molar-refractivity contribution is 0.0540. The van der Waals surface area contributed by atoms with Crippen molar-refractivity contribution < 1.29 is 0 Å². The maximum Gasteiger partial charge on any atom is 0.00698 e. The van der Waals surface area contributed by atoms with Crippen LogP contribution in [0.1, 0.15) is 46.5 Å².